The molecule has 0 aliphatic carbocycles. The van der Waals surface area contributed by atoms with Crippen LogP contribution < -0.4 is 0 Å². The van der Waals surface area contributed by atoms with Crippen molar-refractivity contribution in [2.45, 2.75) is 27.7 Å². The predicted molar refractivity (Wildman–Crippen MR) is 106 cm³/mol. The standard InChI is InChI=1S/C23H23NO3/c1-15-10-11-19(12-16(15)2)23(26)27-14-22(25)21-13-17(3)24(18(21)4)20-8-6-5-7-9-20/h5-13H,14H2,1-4H3. The number of Topliss-reactive ketones (excluding diaryl/α,β-unsaturated/α-hetero) is 1. The molecule has 27 heavy (non-hydrogen) atoms. The number of esters is 1. The van der Waals surface area contributed by atoms with Gasteiger partial charge < -0.3 is 9.30 Å². The minimum atomic E-state index is -0.483. The van der Waals surface area contributed by atoms with E-state index in [9.17, 15) is 9.59 Å². The normalized spacial score (nSPS) is 10.7. The van der Waals surface area contributed by atoms with Crippen LogP contribution in [0, 0.1) is 27.7 Å². The van der Waals surface area contributed by atoms with Crippen LogP contribution in [0.5, 0.6) is 0 Å². The van der Waals surface area contributed by atoms with Crippen LogP contribution in [-0.2, 0) is 4.74 Å². The Morgan fingerprint density at radius 1 is 0.889 bits per heavy atom. The van der Waals surface area contributed by atoms with Crippen molar-refractivity contribution in [3.05, 3.63) is 88.2 Å². The van der Waals surface area contributed by atoms with E-state index in [2.05, 4.69) is 0 Å². The topological polar surface area (TPSA) is 48.3 Å². The number of carbonyl (C=O) groups excluding carboxylic acids is 2. The molecular weight excluding hydrogens is 338 g/mol. The number of para-hydroxylation sites is 1. The first-order valence-electron chi connectivity index (χ1n) is 8.90. The fraction of sp³-hybridized carbons (Fsp3) is 0.217. The maximum atomic E-state index is 12.6. The van der Waals surface area contributed by atoms with Gasteiger partial charge in [0, 0.05) is 22.6 Å². The maximum absolute atomic E-state index is 12.6. The highest BCUT2D eigenvalue weighted by atomic mass is 16.5. The number of hydrogen-bond donors (Lipinski definition) is 0. The van der Waals surface area contributed by atoms with Crippen molar-refractivity contribution in [2.75, 3.05) is 6.61 Å². The van der Waals surface area contributed by atoms with E-state index < -0.39 is 5.97 Å². The summed E-state index contributed by atoms with van der Waals surface area (Å²) in [6, 6.07) is 17.1. The third-order valence-electron chi connectivity index (χ3n) is 4.82. The van der Waals surface area contributed by atoms with Crippen molar-refractivity contribution in [3.8, 4) is 5.69 Å². The lowest BCUT2D eigenvalue weighted by Gasteiger charge is -2.10. The van der Waals surface area contributed by atoms with Crippen molar-refractivity contribution >= 4 is 11.8 Å². The van der Waals surface area contributed by atoms with Gasteiger partial charge in [-0.25, -0.2) is 4.79 Å². The molecule has 1 heterocycles. The molecule has 3 aromatic rings. The van der Waals surface area contributed by atoms with Gasteiger partial charge in [0.25, 0.3) is 0 Å². The van der Waals surface area contributed by atoms with Gasteiger partial charge in [0.05, 0.1) is 5.56 Å². The summed E-state index contributed by atoms with van der Waals surface area (Å²) in [6.07, 6.45) is 0. The third kappa shape index (κ3) is 3.85. The van der Waals surface area contributed by atoms with E-state index in [-0.39, 0.29) is 12.4 Å². The zero-order valence-corrected chi connectivity index (χ0v) is 16.1. The summed E-state index contributed by atoms with van der Waals surface area (Å²) in [4.78, 5) is 24.9. The Morgan fingerprint density at radius 3 is 2.26 bits per heavy atom. The van der Waals surface area contributed by atoms with Crippen molar-refractivity contribution in [2.24, 2.45) is 0 Å². The lowest BCUT2D eigenvalue weighted by atomic mass is 10.1. The molecule has 0 N–H and O–H groups in total. The van der Waals surface area contributed by atoms with E-state index in [4.69, 9.17) is 4.74 Å². The predicted octanol–water partition coefficient (Wildman–Crippen LogP) is 4.75. The quantitative estimate of drug-likeness (QED) is 0.487. The van der Waals surface area contributed by atoms with Gasteiger partial charge in [-0.2, -0.15) is 0 Å². The molecule has 1 aromatic heterocycles. The van der Waals surface area contributed by atoms with Gasteiger partial charge in [0.15, 0.2) is 6.61 Å². The van der Waals surface area contributed by atoms with Gasteiger partial charge in [-0.15, -0.1) is 0 Å². The highest BCUT2D eigenvalue weighted by molar-refractivity contribution is 6.00. The lowest BCUT2D eigenvalue weighted by molar-refractivity contribution is 0.0474. The molecule has 4 nitrogen and oxygen atoms in total. The van der Waals surface area contributed by atoms with Crippen LogP contribution in [0.15, 0.2) is 54.6 Å². The number of ether oxygens (including phenoxy) is 1. The number of nitrogens with zero attached hydrogens (tertiary/aromatic N) is 1. The summed E-state index contributed by atoms with van der Waals surface area (Å²) in [6.45, 7) is 7.51. The van der Waals surface area contributed by atoms with E-state index in [0.29, 0.717) is 11.1 Å². The number of hydrogen-bond acceptors (Lipinski definition) is 3. The SMILES string of the molecule is Cc1ccc(C(=O)OCC(=O)c2cc(C)n(-c3ccccc3)c2C)cc1C. The molecule has 138 valence electrons. The van der Waals surface area contributed by atoms with Gasteiger partial charge in [0.1, 0.15) is 0 Å². The molecule has 0 atom stereocenters. The van der Waals surface area contributed by atoms with Gasteiger partial charge in [-0.3, -0.25) is 4.79 Å². The fourth-order valence-corrected chi connectivity index (χ4v) is 3.18. The Morgan fingerprint density at radius 2 is 1.59 bits per heavy atom. The van der Waals surface area contributed by atoms with Gasteiger partial charge in [-0.05, 0) is 69.2 Å². The van der Waals surface area contributed by atoms with Gasteiger partial charge >= 0.3 is 5.97 Å². The van der Waals surface area contributed by atoms with Crippen LogP contribution in [0.3, 0.4) is 0 Å². The van der Waals surface area contributed by atoms with E-state index >= 15 is 0 Å². The highest BCUT2D eigenvalue weighted by Crippen LogP contribution is 2.21. The smallest absolute Gasteiger partial charge is 0.338 e. The molecular formula is C23H23NO3. The molecule has 0 aliphatic heterocycles. The van der Waals surface area contributed by atoms with Crippen LogP contribution in [0.1, 0.15) is 43.2 Å². The lowest BCUT2D eigenvalue weighted by Crippen LogP contribution is -2.15. The molecule has 0 amide bonds. The second kappa shape index (κ2) is 7.62. The zero-order chi connectivity index (χ0) is 19.6. The summed E-state index contributed by atoms with van der Waals surface area (Å²) in [5.41, 5.74) is 5.95. The fourth-order valence-electron chi connectivity index (χ4n) is 3.18. The Hall–Kier alpha value is -3.14. The summed E-state index contributed by atoms with van der Waals surface area (Å²) in [5.74, 6) is -0.689. The van der Waals surface area contributed by atoms with Crippen molar-refractivity contribution < 1.29 is 14.3 Å². The number of benzene rings is 2. The molecule has 0 saturated carbocycles. The molecule has 3 rings (SSSR count). The Balaban J connectivity index is 1.75. The van der Waals surface area contributed by atoms with E-state index in [1.54, 1.807) is 12.1 Å². The summed E-state index contributed by atoms with van der Waals surface area (Å²) >= 11 is 0. The average Bonchev–Trinajstić information content (AvgIpc) is 2.96. The van der Waals surface area contributed by atoms with E-state index in [0.717, 1.165) is 28.2 Å². The molecule has 0 unspecified atom stereocenters. The summed E-state index contributed by atoms with van der Waals surface area (Å²) < 4.78 is 7.28. The first kappa shape index (κ1) is 18.6. The monoisotopic (exact) mass is 361 g/mol. The molecule has 2 aromatic carbocycles. The second-order valence-corrected chi connectivity index (χ2v) is 6.75. The van der Waals surface area contributed by atoms with Crippen molar-refractivity contribution in [3.63, 3.8) is 0 Å². The van der Waals surface area contributed by atoms with Crippen molar-refractivity contribution in [1.82, 2.24) is 4.57 Å². The summed E-state index contributed by atoms with van der Waals surface area (Å²) in [7, 11) is 0. The minimum absolute atomic E-state index is 0.206. The first-order chi connectivity index (χ1) is 12.9. The molecule has 0 saturated heterocycles. The maximum Gasteiger partial charge on any atom is 0.338 e. The summed E-state index contributed by atoms with van der Waals surface area (Å²) in [5, 5.41) is 0. The van der Waals surface area contributed by atoms with Crippen LogP contribution in [0.2, 0.25) is 0 Å². The third-order valence-corrected chi connectivity index (χ3v) is 4.82. The molecule has 0 radical (unpaired) electrons. The molecule has 0 fully saturated rings. The van der Waals surface area contributed by atoms with Crippen LogP contribution >= 0.6 is 0 Å². The number of rotatable bonds is 5. The van der Waals surface area contributed by atoms with Crippen LogP contribution in [-0.4, -0.2) is 22.9 Å². The molecule has 4 heteroatoms. The van der Waals surface area contributed by atoms with E-state index in [1.165, 1.54) is 0 Å². The highest BCUT2D eigenvalue weighted by Gasteiger charge is 2.18. The van der Waals surface area contributed by atoms with Gasteiger partial charge in [0.2, 0.25) is 5.78 Å². The number of ketones is 1. The number of carbonyl (C=O) groups is 2. The van der Waals surface area contributed by atoms with Crippen molar-refractivity contribution in [1.29, 1.82) is 0 Å². The number of aryl methyl sites for hydroxylation is 3. The Kier molecular flexibility index (Phi) is 5.26. The zero-order valence-electron chi connectivity index (χ0n) is 16.1. The Labute approximate surface area is 159 Å². The first-order valence-corrected chi connectivity index (χ1v) is 8.90. The van der Waals surface area contributed by atoms with Gasteiger partial charge in [-0.1, -0.05) is 24.3 Å². The molecule has 0 bridgehead atoms. The number of aromatic nitrogens is 1. The molecule has 0 aliphatic rings. The average molecular weight is 361 g/mol. The van der Waals surface area contributed by atoms with Crippen LogP contribution in [0.4, 0.5) is 0 Å². The minimum Gasteiger partial charge on any atom is -0.454 e. The Bertz CT molecular complexity index is 1000. The van der Waals surface area contributed by atoms with Crippen LogP contribution in [0.25, 0.3) is 5.69 Å². The molecule has 0 spiro atoms. The largest absolute Gasteiger partial charge is 0.454 e. The van der Waals surface area contributed by atoms with E-state index in [1.807, 2.05) is 74.7 Å². The second-order valence-electron chi connectivity index (χ2n) is 6.75.